The van der Waals surface area contributed by atoms with Crippen molar-refractivity contribution in [1.82, 2.24) is 4.98 Å². The highest BCUT2D eigenvalue weighted by atomic mass is 35.5. The number of nitrogens with zero attached hydrogens (tertiary/aromatic N) is 1. The molecule has 0 aliphatic heterocycles. The lowest BCUT2D eigenvalue weighted by molar-refractivity contribution is 0.102. The lowest BCUT2D eigenvalue weighted by Gasteiger charge is -2.11. The zero-order valence-corrected chi connectivity index (χ0v) is 14.2. The van der Waals surface area contributed by atoms with E-state index in [9.17, 15) is 4.79 Å². The third-order valence-electron chi connectivity index (χ3n) is 3.53. The molecule has 5 heteroatoms. The first-order valence-electron chi connectivity index (χ1n) is 7.39. The van der Waals surface area contributed by atoms with Crippen molar-refractivity contribution in [3.05, 3.63) is 93.7 Å². The van der Waals surface area contributed by atoms with Crippen LogP contribution in [0.5, 0.6) is 0 Å². The summed E-state index contributed by atoms with van der Waals surface area (Å²) in [5.41, 5.74) is 3.01. The molecule has 0 spiro atoms. The minimum absolute atomic E-state index is 0.110. The Morgan fingerprint density at radius 3 is 2.42 bits per heavy atom. The lowest BCUT2D eigenvalue weighted by Crippen LogP contribution is -2.15. The van der Waals surface area contributed by atoms with Crippen molar-refractivity contribution >= 4 is 34.8 Å². The van der Waals surface area contributed by atoms with Crippen molar-refractivity contribution < 1.29 is 4.79 Å². The van der Waals surface area contributed by atoms with Gasteiger partial charge in [0.25, 0.3) is 5.91 Å². The van der Waals surface area contributed by atoms with Crippen molar-refractivity contribution in [1.29, 1.82) is 0 Å². The number of carbonyl (C=O) groups excluding carboxylic acids is 1. The monoisotopic (exact) mass is 356 g/mol. The molecule has 1 N–H and O–H groups in total. The van der Waals surface area contributed by atoms with Gasteiger partial charge in [-0.05, 0) is 35.7 Å². The van der Waals surface area contributed by atoms with Gasteiger partial charge in [0.15, 0.2) is 0 Å². The summed E-state index contributed by atoms with van der Waals surface area (Å²) in [4.78, 5) is 16.5. The average molecular weight is 357 g/mol. The quantitative estimate of drug-likeness (QED) is 0.650. The Morgan fingerprint density at radius 1 is 0.917 bits per heavy atom. The predicted molar refractivity (Wildman–Crippen MR) is 97.9 cm³/mol. The van der Waals surface area contributed by atoms with Gasteiger partial charge in [-0.1, -0.05) is 71.7 Å². The van der Waals surface area contributed by atoms with Crippen LogP contribution in [-0.2, 0) is 6.42 Å². The van der Waals surface area contributed by atoms with Gasteiger partial charge in [-0.25, -0.2) is 4.98 Å². The summed E-state index contributed by atoms with van der Waals surface area (Å²) in [5.74, 6) is -0.386. The van der Waals surface area contributed by atoms with Crippen LogP contribution in [0.15, 0.2) is 66.7 Å². The third kappa shape index (κ3) is 3.94. The molecule has 1 heterocycles. The van der Waals surface area contributed by atoms with Crippen LogP contribution in [0.4, 0.5) is 5.69 Å². The van der Waals surface area contributed by atoms with Gasteiger partial charge in [0, 0.05) is 5.69 Å². The van der Waals surface area contributed by atoms with E-state index < -0.39 is 0 Å². The second kappa shape index (κ2) is 7.47. The average Bonchev–Trinajstić information content (AvgIpc) is 2.59. The fraction of sp³-hybridized carbons (Fsp3) is 0.0526. The number of benzene rings is 2. The summed E-state index contributed by atoms with van der Waals surface area (Å²) < 4.78 is 0. The van der Waals surface area contributed by atoms with Gasteiger partial charge in [-0.2, -0.15) is 0 Å². The molecule has 0 saturated heterocycles. The Hall–Kier alpha value is -2.36. The normalized spacial score (nSPS) is 10.4. The van der Waals surface area contributed by atoms with Crippen molar-refractivity contribution in [2.75, 3.05) is 5.32 Å². The number of hydrogen-bond donors (Lipinski definition) is 1. The van der Waals surface area contributed by atoms with E-state index >= 15 is 0 Å². The highest BCUT2D eigenvalue weighted by molar-refractivity contribution is 6.35. The van der Waals surface area contributed by atoms with Gasteiger partial charge < -0.3 is 5.32 Å². The number of hydrogen-bond acceptors (Lipinski definition) is 2. The molecule has 0 unspecified atom stereocenters. The Labute approximate surface area is 150 Å². The van der Waals surface area contributed by atoms with Crippen molar-refractivity contribution in [3.8, 4) is 0 Å². The molecule has 0 aliphatic rings. The van der Waals surface area contributed by atoms with Crippen LogP contribution < -0.4 is 5.32 Å². The number of rotatable bonds is 4. The van der Waals surface area contributed by atoms with Crippen LogP contribution in [0.25, 0.3) is 0 Å². The molecule has 3 nitrogen and oxygen atoms in total. The first kappa shape index (κ1) is 16.5. The van der Waals surface area contributed by atoms with Gasteiger partial charge in [-0.15, -0.1) is 0 Å². The summed E-state index contributed by atoms with van der Waals surface area (Å²) >= 11 is 11.9. The number of anilines is 1. The molecule has 1 aromatic heterocycles. The first-order chi connectivity index (χ1) is 11.6. The molecule has 120 valence electrons. The van der Waals surface area contributed by atoms with E-state index in [0.29, 0.717) is 6.42 Å². The zero-order valence-electron chi connectivity index (χ0n) is 12.7. The van der Waals surface area contributed by atoms with Gasteiger partial charge in [0.2, 0.25) is 0 Å². The van der Waals surface area contributed by atoms with Gasteiger partial charge in [0.05, 0.1) is 5.02 Å². The molecule has 0 saturated carbocycles. The van der Waals surface area contributed by atoms with Crippen molar-refractivity contribution in [2.45, 2.75) is 6.42 Å². The Bertz CT molecular complexity index is 866. The molecule has 0 fully saturated rings. The summed E-state index contributed by atoms with van der Waals surface area (Å²) in [6.45, 7) is 0. The summed E-state index contributed by atoms with van der Waals surface area (Å²) in [6.07, 6.45) is 0.716. The van der Waals surface area contributed by atoms with E-state index in [2.05, 4.69) is 10.3 Å². The maximum Gasteiger partial charge on any atom is 0.275 e. The number of carbonyl (C=O) groups is 1. The minimum atomic E-state index is -0.386. The number of halogens is 2. The van der Waals surface area contributed by atoms with Gasteiger partial charge >= 0.3 is 0 Å². The maximum absolute atomic E-state index is 12.5. The van der Waals surface area contributed by atoms with Crippen LogP contribution in [0.2, 0.25) is 10.2 Å². The molecule has 0 bridgehead atoms. The number of pyridine rings is 1. The predicted octanol–water partition coefficient (Wildman–Crippen LogP) is 5.23. The molecule has 0 radical (unpaired) electrons. The molecule has 2 aromatic carbocycles. The van der Waals surface area contributed by atoms with Crippen LogP contribution in [0.1, 0.15) is 21.6 Å². The standard InChI is InChI=1S/C19H14Cl2N2O/c20-15-10-11-17(21)23-18(15)19(24)22-16-9-5-4-8-14(16)12-13-6-2-1-3-7-13/h1-11H,12H2,(H,22,24). The van der Waals surface area contributed by atoms with Gasteiger partial charge in [-0.3, -0.25) is 4.79 Å². The molecule has 3 aromatic rings. The summed E-state index contributed by atoms with van der Waals surface area (Å²) in [6, 6.07) is 20.8. The minimum Gasteiger partial charge on any atom is -0.320 e. The van der Waals surface area contributed by atoms with Crippen molar-refractivity contribution in [2.24, 2.45) is 0 Å². The topological polar surface area (TPSA) is 42.0 Å². The highest BCUT2D eigenvalue weighted by Crippen LogP contribution is 2.22. The van der Waals surface area contributed by atoms with E-state index in [1.54, 1.807) is 12.1 Å². The Balaban J connectivity index is 1.85. The SMILES string of the molecule is O=C(Nc1ccccc1Cc1ccccc1)c1nc(Cl)ccc1Cl. The largest absolute Gasteiger partial charge is 0.320 e. The zero-order chi connectivity index (χ0) is 16.9. The molecule has 24 heavy (non-hydrogen) atoms. The van der Waals surface area contributed by atoms with E-state index in [1.807, 2.05) is 54.6 Å². The third-order valence-corrected chi connectivity index (χ3v) is 4.05. The molecule has 0 atom stereocenters. The van der Waals surface area contributed by atoms with Crippen LogP contribution in [-0.4, -0.2) is 10.9 Å². The van der Waals surface area contributed by atoms with Crippen LogP contribution in [0, 0.1) is 0 Å². The fourth-order valence-electron chi connectivity index (χ4n) is 2.37. The summed E-state index contributed by atoms with van der Waals surface area (Å²) in [5, 5.41) is 3.36. The van der Waals surface area contributed by atoms with Crippen molar-refractivity contribution in [3.63, 3.8) is 0 Å². The Kier molecular flexibility index (Phi) is 5.14. The number of para-hydroxylation sites is 1. The number of nitrogens with one attached hydrogen (secondary N) is 1. The van der Waals surface area contributed by atoms with E-state index in [1.165, 1.54) is 0 Å². The maximum atomic E-state index is 12.5. The highest BCUT2D eigenvalue weighted by Gasteiger charge is 2.14. The van der Waals surface area contributed by atoms with Gasteiger partial charge in [0.1, 0.15) is 10.8 Å². The lowest BCUT2D eigenvalue weighted by atomic mass is 10.0. The molecule has 3 rings (SSSR count). The second-order valence-corrected chi connectivity index (χ2v) is 6.03. The summed E-state index contributed by atoms with van der Waals surface area (Å²) in [7, 11) is 0. The molecule has 1 amide bonds. The van der Waals surface area contributed by atoms with Crippen LogP contribution >= 0.6 is 23.2 Å². The molecular weight excluding hydrogens is 343 g/mol. The van der Waals surface area contributed by atoms with E-state index in [4.69, 9.17) is 23.2 Å². The first-order valence-corrected chi connectivity index (χ1v) is 8.14. The van der Waals surface area contributed by atoms with Crippen LogP contribution in [0.3, 0.4) is 0 Å². The van der Waals surface area contributed by atoms with E-state index in [0.717, 1.165) is 16.8 Å². The Morgan fingerprint density at radius 2 is 1.62 bits per heavy atom. The van der Waals surface area contributed by atoms with E-state index in [-0.39, 0.29) is 21.8 Å². The second-order valence-electron chi connectivity index (χ2n) is 5.24. The molecular formula is C19H14Cl2N2O. The number of amides is 1. The smallest absolute Gasteiger partial charge is 0.275 e. The molecule has 0 aliphatic carbocycles. The fourth-order valence-corrected chi connectivity index (χ4v) is 2.71. The number of aromatic nitrogens is 1.